The number of hydrogen-bond donors (Lipinski definition) is 0. The van der Waals surface area contributed by atoms with E-state index >= 15 is 0 Å². The molecule has 0 aromatic heterocycles. The normalized spacial score (nSPS) is 39.6. The minimum atomic E-state index is -5.50. The lowest BCUT2D eigenvalue weighted by Gasteiger charge is -2.58. The fourth-order valence-electron chi connectivity index (χ4n) is 8.75. The largest absolute Gasteiger partial charge is 0.523 e. The van der Waals surface area contributed by atoms with Crippen LogP contribution in [0.1, 0.15) is 85.0 Å². The van der Waals surface area contributed by atoms with Crippen molar-refractivity contribution in [2.24, 2.45) is 40.4 Å². The van der Waals surface area contributed by atoms with E-state index in [1.165, 1.54) is 25.7 Å². The molecular formula is C27H43F3O5S. The molecule has 5 nitrogen and oxygen atoms in total. The van der Waals surface area contributed by atoms with Gasteiger partial charge in [0.1, 0.15) is 6.79 Å². The Bertz CT molecular complexity index is 919. The fraction of sp³-hybridized carbons (Fsp3) is 0.926. The Hall–Kier alpha value is -0.640. The molecule has 0 N–H and O–H groups in total. The molecule has 9 heteroatoms. The van der Waals surface area contributed by atoms with Crippen molar-refractivity contribution >= 4 is 10.1 Å². The summed E-state index contributed by atoms with van der Waals surface area (Å²) in [4.78, 5) is 0. The SMILES string of the molecule is COCO[C@H]1CC[C@@]2(C)C(=CC[C@H]3[C@@H]4CC[C@H]([C@H](C)CCCOS(=O)(=O)C(F)(F)F)[C@@]4(C)CC[C@@H]32)C1. The van der Waals surface area contributed by atoms with Crippen molar-refractivity contribution in [1.29, 1.82) is 0 Å². The molecule has 208 valence electrons. The molecular weight excluding hydrogens is 493 g/mol. The average molecular weight is 537 g/mol. The van der Waals surface area contributed by atoms with Crippen LogP contribution in [0.15, 0.2) is 11.6 Å². The topological polar surface area (TPSA) is 61.8 Å². The van der Waals surface area contributed by atoms with Gasteiger partial charge in [-0.2, -0.15) is 21.6 Å². The number of halogens is 3. The fourth-order valence-corrected chi connectivity index (χ4v) is 9.22. The Labute approximate surface area is 214 Å². The second kappa shape index (κ2) is 10.5. The summed E-state index contributed by atoms with van der Waals surface area (Å²) < 4.78 is 75.1. The van der Waals surface area contributed by atoms with Crippen LogP contribution in [0.3, 0.4) is 0 Å². The van der Waals surface area contributed by atoms with Crippen molar-refractivity contribution in [3.8, 4) is 0 Å². The lowest BCUT2D eigenvalue weighted by molar-refractivity contribution is -0.0985. The van der Waals surface area contributed by atoms with Crippen LogP contribution in [-0.2, 0) is 23.8 Å². The third-order valence-corrected chi connectivity index (χ3v) is 11.6. The highest BCUT2D eigenvalue weighted by Crippen LogP contribution is 2.67. The third-order valence-electron chi connectivity index (χ3n) is 10.6. The van der Waals surface area contributed by atoms with E-state index in [1.54, 1.807) is 12.7 Å². The first kappa shape index (κ1) is 28.4. The molecule has 0 spiro atoms. The van der Waals surface area contributed by atoms with E-state index in [0.29, 0.717) is 49.2 Å². The molecule has 4 rings (SSSR count). The molecule has 0 saturated heterocycles. The zero-order valence-electron chi connectivity index (χ0n) is 22.1. The second-order valence-electron chi connectivity index (χ2n) is 12.3. The zero-order valence-corrected chi connectivity index (χ0v) is 22.9. The molecule has 0 aromatic rings. The summed E-state index contributed by atoms with van der Waals surface area (Å²) in [6.45, 7) is 7.05. The van der Waals surface area contributed by atoms with E-state index in [0.717, 1.165) is 25.7 Å². The molecule has 0 amide bonds. The molecule has 4 aliphatic carbocycles. The lowest BCUT2D eigenvalue weighted by Crippen LogP contribution is -2.51. The Morgan fingerprint density at radius 3 is 2.56 bits per heavy atom. The van der Waals surface area contributed by atoms with Gasteiger partial charge in [0.05, 0.1) is 12.7 Å². The van der Waals surface area contributed by atoms with Crippen LogP contribution < -0.4 is 0 Å². The molecule has 3 saturated carbocycles. The highest BCUT2D eigenvalue weighted by molar-refractivity contribution is 7.87. The van der Waals surface area contributed by atoms with Gasteiger partial charge in [0.25, 0.3) is 0 Å². The number of ether oxygens (including phenoxy) is 2. The number of allylic oxidation sites excluding steroid dienone is 1. The molecule has 0 aromatic carbocycles. The smallest absolute Gasteiger partial charge is 0.359 e. The van der Waals surface area contributed by atoms with E-state index in [1.807, 2.05) is 0 Å². The van der Waals surface area contributed by atoms with Crippen LogP contribution in [0, 0.1) is 40.4 Å². The van der Waals surface area contributed by atoms with E-state index < -0.39 is 22.2 Å². The molecule has 36 heavy (non-hydrogen) atoms. The van der Waals surface area contributed by atoms with Gasteiger partial charge in [-0.05, 0) is 105 Å². The van der Waals surface area contributed by atoms with Gasteiger partial charge in [-0.25, -0.2) is 0 Å². The van der Waals surface area contributed by atoms with Crippen LogP contribution in [0.2, 0.25) is 0 Å². The minimum absolute atomic E-state index is 0.236. The first-order chi connectivity index (χ1) is 16.8. The van der Waals surface area contributed by atoms with Gasteiger partial charge in [-0.3, -0.25) is 4.18 Å². The summed E-state index contributed by atoms with van der Waals surface area (Å²) in [5.41, 5.74) is -3.29. The van der Waals surface area contributed by atoms with Gasteiger partial charge in [-0.15, -0.1) is 0 Å². The first-order valence-corrected chi connectivity index (χ1v) is 15.0. The van der Waals surface area contributed by atoms with E-state index in [-0.39, 0.29) is 16.9 Å². The number of fused-ring (bicyclic) bond motifs is 5. The molecule has 0 aliphatic heterocycles. The maximum absolute atomic E-state index is 12.5. The monoisotopic (exact) mass is 536 g/mol. The molecule has 0 radical (unpaired) electrons. The van der Waals surface area contributed by atoms with Crippen molar-refractivity contribution in [2.45, 2.75) is 96.6 Å². The van der Waals surface area contributed by atoms with Crippen molar-refractivity contribution in [3.05, 3.63) is 11.6 Å². The molecule has 8 atom stereocenters. The van der Waals surface area contributed by atoms with Crippen molar-refractivity contribution < 1.29 is 35.2 Å². The van der Waals surface area contributed by atoms with E-state index in [2.05, 4.69) is 31.0 Å². The molecule has 4 aliphatic rings. The summed E-state index contributed by atoms with van der Waals surface area (Å²) in [6.07, 6.45) is 12.9. The Morgan fingerprint density at radius 2 is 1.86 bits per heavy atom. The van der Waals surface area contributed by atoms with Crippen molar-refractivity contribution in [1.82, 2.24) is 0 Å². The average Bonchev–Trinajstić information content (AvgIpc) is 3.17. The van der Waals surface area contributed by atoms with Gasteiger partial charge in [0.15, 0.2) is 0 Å². The van der Waals surface area contributed by atoms with Crippen LogP contribution in [0.5, 0.6) is 0 Å². The lowest BCUT2D eigenvalue weighted by atomic mass is 9.47. The van der Waals surface area contributed by atoms with Gasteiger partial charge in [-0.1, -0.05) is 32.4 Å². The predicted molar refractivity (Wildman–Crippen MR) is 131 cm³/mol. The second-order valence-corrected chi connectivity index (χ2v) is 13.9. The highest BCUT2D eigenvalue weighted by atomic mass is 32.2. The molecule has 0 heterocycles. The standard InChI is InChI=1S/C27H43F3O5S/c1-18(6-5-15-35-36(31,32)27(28,29)30)22-9-10-23-21-8-7-19-16-20(34-17-33-4)11-13-25(19,2)24(21)12-14-26(22,23)3/h7,18,20-24H,5-6,8-17H2,1-4H3/t18-,20+,21+,22-,23+,24+,25+,26-/m1/s1. The van der Waals surface area contributed by atoms with Gasteiger partial charge >= 0.3 is 15.6 Å². The van der Waals surface area contributed by atoms with Crippen LogP contribution in [-0.4, -0.2) is 40.5 Å². The van der Waals surface area contributed by atoms with Gasteiger partial charge < -0.3 is 9.47 Å². The summed E-state index contributed by atoms with van der Waals surface area (Å²) >= 11 is 0. The predicted octanol–water partition coefficient (Wildman–Crippen LogP) is 6.84. The van der Waals surface area contributed by atoms with E-state index in [4.69, 9.17) is 9.47 Å². The summed E-state index contributed by atoms with van der Waals surface area (Å²) in [5.74, 6) is 2.90. The summed E-state index contributed by atoms with van der Waals surface area (Å²) in [6, 6.07) is 0. The number of hydrogen-bond acceptors (Lipinski definition) is 5. The van der Waals surface area contributed by atoms with Gasteiger partial charge in [0, 0.05) is 7.11 Å². The van der Waals surface area contributed by atoms with Crippen LogP contribution >= 0.6 is 0 Å². The van der Waals surface area contributed by atoms with Gasteiger partial charge in [0.2, 0.25) is 0 Å². The minimum Gasteiger partial charge on any atom is -0.359 e. The summed E-state index contributed by atoms with van der Waals surface area (Å²) in [5, 5.41) is 0. The Kier molecular flexibility index (Phi) is 8.27. The van der Waals surface area contributed by atoms with E-state index in [9.17, 15) is 21.6 Å². The highest BCUT2D eigenvalue weighted by Gasteiger charge is 2.59. The first-order valence-electron chi connectivity index (χ1n) is 13.6. The quantitative estimate of drug-likeness (QED) is 0.106. The third kappa shape index (κ3) is 5.15. The zero-order chi connectivity index (χ0) is 26.4. The molecule has 0 unspecified atom stereocenters. The molecule has 0 bridgehead atoms. The summed E-state index contributed by atoms with van der Waals surface area (Å²) in [7, 11) is -3.84. The maximum atomic E-state index is 12.5. The van der Waals surface area contributed by atoms with Crippen LogP contribution in [0.25, 0.3) is 0 Å². The van der Waals surface area contributed by atoms with Crippen LogP contribution in [0.4, 0.5) is 13.2 Å². The maximum Gasteiger partial charge on any atom is 0.523 e. The number of rotatable bonds is 9. The number of methoxy groups -OCH3 is 1. The Balaban J connectivity index is 1.37. The van der Waals surface area contributed by atoms with Crippen molar-refractivity contribution in [2.75, 3.05) is 20.5 Å². The Morgan fingerprint density at radius 1 is 1.11 bits per heavy atom. The van der Waals surface area contributed by atoms with Crippen molar-refractivity contribution in [3.63, 3.8) is 0 Å². The number of alkyl halides is 3. The molecule has 3 fully saturated rings.